The van der Waals surface area contributed by atoms with Crippen LogP contribution in [-0.2, 0) is 10.0 Å². The van der Waals surface area contributed by atoms with Gasteiger partial charge in [-0.15, -0.1) is 6.42 Å². The molecule has 0 unspecified atom stereocenters. The Hall–Kier alpha value is -1.51. The van der Waals surface area contributed by atoms with E-state index in [0.29, 0.717) is 18.2 Å². The standard InChI is InChI=1S/C13H16N2O2S/c1-2-9-15(10-11-3-4-11)18(16,17)13-7-5-12(14)6-8-13/h1,5-8,11H,3-4,9-10,14H2. The van der Waals surface area contributed by atoms with Crippen LogP contribution in [0.1, 0.15) is 12.8 Å². The summed E-state index contributed by atoms with van der Waals surface area (Å²) in [5.41, 5.74) is 6.10. The number of nitrogens with two attached hydrogens (primary N) is 1. The fourth-order valence-corrected chi connectivity index (χ4v) is 3.16. The molecule has 0 aliphatic heterocycles. The molecule has 0 aromatic heterocycles. The Morgan fingerprint density at radius 2 is 1.94 bits per heavy atom. The smallest absolute Gasteiger partial charge is 0.243 e. The maximum atomic E-state index is 12.4. The molecule has 1 fully saturated rings. The molecule has 1 aromatic rings. The van der Waals surface area contributed by atoms with Crippen molar-refractivity contribution in [3.05, 3.63) is 24.3 Å². The predicted molar refractivity (Wildman–Crippen MR) is 71.2 cm³/mol. The molecule has 0 amide bonds. The summed E-state index contributed by atoms with van der Waals surface area (Å²) < 4.78 is 26.1. The maximum absolute atomic E-state index is 12.4. The van der Waals surface area contributed by atoms with Crippen LogP contribution in [0, 0.1) is 18.3 Å². The molecular formula is C13H16N2O2S. The van der Waals surface area contributed by atoms with E-state index in [1.807, 2.05) is 0 Å². The Balaban J connectivity index is 2.26. The Morgan fingerprint density at radius 1 is 1.33 bits per heavy atom. The van der Waals surface area contributed by atoms with E-state index < -0.39 is 10.0 Å². The number of rotatable bonds is 5. The molecule has 96 valence electrons. The molecule has 0 radical (unpaired) electrons. The molecule has 1 aromatic carbocycles. The van der Waals surface area contributed by atoms with Crippen LogP contribution in [0.15, 0.2) is 29.2 Å². The summed E-state index contributed by atoms with van der Waals surface area (Å²) in [4.78, 5) is 0.243. The average molecular weight is 264 g/mol. The van der Waals surface area contributed by atoms with E-state index in [1.165, 1.54) is 16.4 Å². The molecule has 1 aliphatic carbocycles. The Bertz CT molecular complexity index is 554. The molecule has 0 atom stereocenters. The van der Waals surface area contributed by atoms with Crippen molar-refractivity contribution in [3.63, 3.8) is 0 Å². The third kappa shape index (κ3) is 2.84. The third-order valence-electron chi connectivity index (χ3n) is 2.94. The Labute approximate surface area is 108 Å². The molecule has 1 aliphatic rings. The Morgan fingerprint density at radius 3 is 2.44 bits per heavy atom. The third-order valence-corrected chi connectivity index (χ3v) is 4.77. The molecule has 4 nitrogen and oxygen atoms in total. The highest BCUT2D eigenvalue weighted by molar-refractivity contribution is 7.89. The zero-order valence-electron chi connectivity index (χ0n) is 10.0. The number of sulfonamides is 1. The van der Waals surface area contributed by atoms with Crippen molar-refractivity contribution in [2.24, 2.45) is 5.92 Å². The van der Waals surface area contributed by atoms with Crippen LogP contribution in [0.2, 0.25) is 0 Å². The van der Waals surface area contributed by atoms with E-state index >= 15 is 0 Å². The van der Waals surface area contributed by atoms with Gasteiger partial charge in [0.1, 0.15) is 0 Å². The van der Waals surface area contributed by atoms with Crippen molar-refractivity contribution in [1.82, 2.24) is 4.31 Å². The normalized spacial score (nSPS) is 15.6. The number of nitrogen functional groups attached to an aromatic ring is 1. The van der Waals surface area contributed by atoms with Gasteiger partial charge in [0, 0.05) is 12.2 Å². The highest BCUT2D eigenvalue weighted by atomic mass is 32.2. The predicted octanol–water partition coefficient (Wildman–Crippen LogP) is 1.30. The van der Waals surface area contributed by atoms with Crippen LogP contribution in [0.5, 0.6) is 0 Å². The number of nitrogens with zero attached hydrogens (tertiary/aromatic N) is 1. The molecule has 0 spiro atoms. The van der Waals surface area contributed by atoms with E-state index in [-0.39, 0.29) is 11.4 Å². The molecular weight excluding hydrogens is 248 g/mol. The van der Waals surface area contributed by atoms with Crippen LogP contribution < -0.4 is 5.73 Å². The molecule has 5 heteroatoms. The SMILES string of the molecule is C#CCN(CC1CC1)S(=O)(=O)c1ccc(N)cc1. The number of anilines is 1. The lowest BCUT2D eigenvalue weighted by atomic mass is 10.3. The second kappa shape index (κ2) is 5.01. The average Bonchev–Trinajstić information content (AvgIpc) is 3.13. The van der Waals surface area contributed by atoms with Crippen molar-refractivity contribution in [2.45, 2.75) is 17.7 Å². The highest BCUT2D eigenvalue weighted by Gasteiger charge is 2.31. The van der Waals surface area contributed by atoms with Crippen LogP contribution in [0.25, 0.3) is 0 Å². The van der Waals surface area contributed by atoms with Crippen molar-refractivity contribution in [3.8, 4) is 12.3 Å². The number of benzene rings is 1. The summed E-state index contributed by atoms with van der Waals surface area (Å²) in [6.45, 7) is 0.625. The summed E-state index contributed by atoms with van der Waals surface area (Å²) in [7, 11) is -3.50. The highest BCUT2D eigenvalue weighted by Crippen LogP contribution is 2.31. The van der Waals surface area contributed by atoms with Crippen molar-refractivity contribution in [2.75, 3.05) is 18.8 Å². The molecule has 0 heterocycles. The minimum absolute atomic E-state index is 0.114. The topological polar surface area (TPSA) is 63.4 Å². The molecule has 2 N–H and O–H groups in total. The number of hydrogen-bond donors (Lipinski definition) is 1. The van der Waals surface area contributed by atoms with Gasteiger partial charge < -0.3 is 5.73 Å². The zero-order chi connectivity index (χ0) is 13.2. The summed E-state index contributed by atoms with van der Waals surface area (Å²) in [6, 6.07) is 6.19. The first-order valence-electron chi connectivity index (χ1n) is 5.83. The first-order valence-corrected chi connectivity index (χ1v) is 7.27. The molecule has 2 rings (SSSR count). The fraction of sp³-hybridized carbons (Fsp3) is 0.385. The molecule has 0 saturated heterocycles. The zero-order valence-corrected chi connectivity index (χ0v) is 10.9. The van der Waals surface area contributed by atoms with Gasteiger partial charge in [-0.3, -0.25) is 0 Å². The summed E-state index contributed by atoms with van der Waals surface area (Å²) in [6.07, 6.45) is 7.41. The fourth-order valence-electron chi connectivity index (χ4n) is 1.73. The van der Waals surface area contributed by atoms with Crippen LogP contribution >= 0.6 is 0 Å². The maximum Gasteiger partial charge on any atom is 0.243 e. The lowest BCUT2D eigenvalue weighted by molar-refractivity contribution is 0.430. The minimum atomic E-state index is -3.50. The first-order chi connectivity index (χ1) is 8.54. The Kier molecular flexibility index (Phi) is 3.60. The van der Waals surface area contributed by atoms with Gasteiger partial charge in [0.2, 0.25) is 10.0 Å². The van der Waals surface area contributed by atoms with Gasteiger partial charge in [-0.05, 0) is 43.0 Å². The van der Waals surface area contributed by atoms with Gasteiger partial charge in [0.15, 0.2) is 0 Å². The van der Waals surface area contributed by atoms with E-state index in [2.05, 4.69) is 5.92 Å². The number of hydrogen-bond acceptors (Lipinski definition) is 3. The first kappa shape index (κ1) is 12.9. The second-order valence-electron chi connectivity index (χ2n) is 4.51. The monoisotopic (exact) mass is 264 g/mol. The van der Waals surface area contributed by atoms with Crippen LogP contribution in [-0.4, -0.2) is 25.8 Å². The van der Waals surface area contributed by atoms with Gasteiger partial charge in [-0.2, -0.15) is 4.31 Å². The van der Waals surface area contributed by atoms with E-state index in [0.717, 1.165) is 12.8 Å². The van der Waals surface area contributed by atoms with E-state index in [9.17, 15) is 8.42 Å². The molecule has 18 heavy (non-hydrogen) atoms. The van der Waals surface area contributed by atoms with E-state index in [1.54, 1.807) is 12.1 Å². The van der Waals surface area contributed by atoms with Gasteiger partial charge in [0.05, 0.1) is 11.4 Å². The minimum Gasteiger partial charge on any atom is -0.399 e. The van der Waals surface area contributed by atoms with Crippen LogP contribution in [0.3, 0.4) is 0 Å². The van der Waals surface area contributed by atoms with Gasteiger partial charge >= 0.3 is 0 Å². The van der Waals surface area contributed by atoms with Gasteiger partial charge in [-0.1, -0.05) is 5.92 Å². The van der Waals surface area contributed by atoms with Crippen molar-refractivity contribution < 1.29 is 8.42 Å². The largest absolute Gasteiger partial charge is 0.399 e. The lowest BCUT2D eigenvalue weighted by Crippen LogP contribution is -2.33. The molecule has 1 saturated carbocycles. The summed E-state index contributed by atoms with van der Waals surface area (Å²) in [5.74, 6) is 2.87. The summed E-state index contributed by atoms with van der Waals surface area (Å²) >= 11 is 0. The van der Waals surface area contributed by atoms with Gasteiger partial charge in [0.25, 0.3) is 0 Å². The van der Waals surface area contributed by atoms with Crippen LogP contribution in [0.4, 0.5) is 5.69 Å². The van der Waals surface area contributed by atoms with Crippen molar-refractivity contribution >= 4 is 15.7 Å². The van der Waals surface area contributed by atoms with E-state index in [4.69, 9.17) is 12.2 Å². The van der Waals surface area contributed by atoms with Crippen molar-refractivity contribution in [1.29, 1.82) is 0 Å². The second-order valence-corrected chi connectivity index (χ2v) is 6.45. The quantitative estimate of drug-likeness (QED) is 0.644. The molecule has 0 bridgehead atoms. The number of terminal acetylenes is 1. The lowest BCUT2D eigenvalue weighted by Gasteiger charge is -2.19. The summed E-state index contributed by atoms with van der Waals surface area (Å²) in [5, 5.41) is 0. The van der Waals surface area contributed by atoms with Gasteiger partial charge in [-0.25, -0.2) is 8.42 Å².